The molecule has 0 saturated carbocycles. The maximum atomic E-state index is 12.4. The SMILES string of the molecule is C[C@H]1CN([C@@H](C)C(=O)NCc2ccco2)CCN1Cc1nccn1C. The van der Waals surface area contributed by atoms with Gasteiger partial charge in [-0.3, -0.25) is 14.6 Å². The molecule has 7 heteroatoms. The van der Waals surface area contributed by atoms with Crippen LogP contribution in [0.3, 0.4) is 0 Å². The number of carbonyl (C=O) groups is 1. The van der Waals surface area contributed by atoms with E-state index in [1.54, 1.807) is 6.26 Å². The normalized spacial score (nSPS) is 20.5. The third-order valence-electron chi connectivity index (χ3n) is 5.01. The van der Waals surface area contributed by atoms with E-state index in [9.17, 15) is 4.79 Å². The Morgan fingerprint density at radius 1 is 1.48 bits per heavy atom. The largest absolute Gasteiger partial charge is 0.467 e. The minimum absolute atomic E-state index is 0.0427. The average Bonchev–Trinajstić information content (AvgIpc) is 3.26. The zero-order valence-corrected chi connectivity index (χ0v) is 15.2. The van der Waals surface area contributed by atoms with Crippen LogP contribution in [0, 0.1) is 0 Å². The number of carbonyl (C=O) groups excluding carboxylic acids is 1. The van der Waals surface area contributed by atoms with Crippen molar-refractivity contribution in [2.45, 2.75) is 39.0 Å². The van der Waals surface area contributed by atoms with E-state index in [2.05, 4.69) is 31.6 Å². The molecule has 1 amide bonds. The van der Waals surface area contributed by atoms with Gasteiger partial charge in [0.15, 0.2) is 0 Å². The van der Waals surface area contributed by atoms with Crippen molar-refractivity contribution in [3.05, 3.63) is 42.4 Å². The highest BCUT2D eigenvalue weighted by atomic mass is 16.3. The fourth-order valence-electron chi connectivity index (χ4n) is 3.24. The number of imidazole rings is 1. The van der Waals surface area contributed by atoms with Crippen LogP contribution in [-0.2, 0) is 24.9 Å². The number of aromatic nitrogens is 2. The summed E-state index contributed by atoms with van der Waals surface area (Å²) in [6.45, 7) is 8.15. The predicted octanol–water partition coefficient (Wildman–Crippen LogP) is 1.22. The molecule has 1 saturated heterocycles. The molecule has 2 atom stereocenters. The number of furan rings is 1. The molecule has 0 unspecified atom stereocenters. The summed E-state index contributed by atoms with van der Waals surface area (Å²) in [7, 11) is 2.02. The number of rotatable bonds is 6. The summed E-state index contributed by atoms with van der Waals surface area (Å²) < 4.78 is 7.32. The van der Waals surface area contributed by atoms with E-state index in [-0.39, 0.29) is 11.9 Å². The molecule has 1 N–H and O–H groups in total. The van der Waals surface area contributed by atoms with Gasteiger partial charge in [0, 0.05) is 45.1 Å². The van der Waals surface area contributed by atoms with Crippen LogP contribution in [0.25, 0.3) is 0 Å². The molecule has 1 aliphatic heterocycles. The van der Waals surface area contributed by atoms with Gasteiger partial charge in [-0.05, 0) is 26.0 Å². The Morgan fingerprint density at radius 3 is 2.96 bits per heavy atom. The van der Waals surface area contributed by atoms with Gasteiger partial charge in [-0.25, -0.2) is 4.98 Å². The Balaban J connectivity index is 1.49. The van der Waals surface area contributed by atoms with Gasteiger partial charge in [0.2, 0.25) is 5.91 Å². The second-order valence-electron chi connectivity index (χ2n) is 6.74. The van der Waals surface area contributed by atoms with Gasteiger partial charge in [-0.1, -0.05) is 0 Å². The highest BCUT2D eigenvalue weighted by Gasteiger charge is 2.30. The molecule has 1 fully saturated rings. The Hall–Kier alpha value is -2.12. The van der Waals surface area contributed by atoms with Gasteiger partial charge < -0.3 is 14.3 Å². The monoisotopic (exact) mass is 345 g/mol. The molecule has 2 aromatic heterocycles. The second kappa shape index (κ2) is 7.84. The van der Waals surface area contributed by atoms with Gasteiger partial charge in [-0.15, -0.1) is 0 Å². The quantitative estimate of drug-likeness (QED) is 0.853. The molecule has 1 aliphatic rings. The number of nitrogens with one attached hydrogen (secondary N) is 1. The van der Waals surface area contributed by atoms with E-state index in [1.165, 1.54) is 0 Å². The fraction of sp³-hybridized carbons (Fsp3) is 0.556. The summed E-state index contributed by atoms with van der Waals surface area (Å²) in [5.41, 5.74) is 0. The third-order valence-corrected chi connectivity index (χ3v) is 5.01. The summed E-state index contributed by atoms with van der Waals surface area (Å²) in [6.07, 6.45) is 5.43. The molecule has 2 aromatic rings. The van der Waals surface area contributed by atoms with Gasteiger partial charge in [-0.2, -0.15) is 0 Å². The van der Waals surface area contributed by atoms with Crippen LogP contribution in [0.5, 0.6) is 0 Å². The van der Waals surface area contributed by atoms with Crippen molar-refractivity contribution >= 4 is 5.91 Å². The first-order valence-electron chi connectivity index (χ1n) is 8.79. The number of hydrogen-bond donors (Lipinski definition) is 1. The summed E-state index contributed by atoms with van der Waals surface area (Å²) >= 11 is 0. The Kier molecular flexibility index (Phi) is 5.55. The van der Waals surface area contributed by atoms with Crippen LogP contribution in [0.1, 0.15) is 25.4 Å². The zero-order valence-electron chi connectivity index (χ0n) is 15.2. The topological polar surface area (TPSA) is 66.5 Å². The average molecular weight is 345 g/mol. The van der Waals surface area contributed by atoms with Crippen molar-refractivity contribution < 1.29 is 9.21 Å². The Labute approximate surface area is 148 Å². The molecule has 0 aromatic carbocycles. The summed E-state index contributed by atoms with van der Waals surface area (Å²) in [5.74, 6) is 1.89. The van der Waals surface area contributed by atoms with Gasteiger partial charge in [0.25, 0.3) is 0 Å². The molecule has 0 spiro atoms. The van der Waals surface area contributed by atoms with Gasteiger partial charge in [0.05, 0.1) is 25.4 Å². The lowest BCUT2D eigenvalue weighted by atomic mass is 10.1. The maximum Gasteiger partial charge on any atom is 0.237 e. The summed E-state index contributed by atoms with van der Waals surface area (Å²) in [4.78, 5) is 21.5. The van der Waals surface area contributed by atoms with Gasteiger partial charge >= 0.3 is 0 Å². The van der Waals surface area contributed by atoms with Gasteiger partial charge in [0.1, 0.15) is 11.6 Å². The molecule has 0 bridgehead atoms. The predicted molar refractivity (Wildman–Crippen MR) is 94.7 cm³/mol. The minimum Gasteiger partial charge on any atom is -0.467 e. The number of piperazine rings is 1. The molecule has 0 radical (unpaired) electrons. The molecule has 0 aliphatic carbocycles. The van der Waals surface area contributed by atoms with Crippen LogP contribution in [0.15, 0.2) is 35.2 Å². The van der Waals surface area contributed by atoms with E-state index in [1.807, 2.05) is 38.5 Å². The zero-order chi connectivity index (χ0) is 17.8. The second-order valence-corrected chi connectivity index (χ2v) is 6.74. The molecule has 25 heavy (non-hydrogen) atoms. The molecule has 136 valence electrons. The first-order valence-corrected chi connectivity index (χ1v) is 8.79. The van der Waals surface area contributed by atoms with Crippen molar-refractivity contribution in [2.24, 2.45) is 7.05 Å². The van der Waals surface area contributed by atoms with Crippen molar-refractivity contribution in [1.29, 1.82) is 0 Å². The lowest BCUT2D eigenvalue weighted by molar-refractivity contribution is -0.127. The highest BCUT2D eigenvalue weighted by molar-refractivity contribution is 5.81. The summed E-state index contributed by atoms with van der Waals surface area (Å²) in [6, 6.07) is 3.93. The molecule has 3 heterocycles. The minimum atomic E-state index is -0.146. The van der Waals surface area contributed by atoms with E-state index in [0.29, 0.717) is 12.6 Å². The van der Waals surface area contributed by atoms with Crippen LogP contribution >= 0.6 is 0 Å². The number of aryl methyl sites for hydroxylation is 1. The summed E-state index contributed by atoms with van der Waals surface area (Å²) in [5, 5.41) is 2.95. The Morgan fingerprint density at radius 2 is 2.32 bits per heavy atom. The van der Waals surface area contributed by atoms with Crippen molar-refractivity contribution in [2.75, 3.05) is 19.6 Å². The molecule has 3 rings (SSSR count). The smallest absolute Gasteiger partial charge is 0.237 e. The maximum absolute atomic E-state index is 12.4. The lowest BCUT2D eigenvalue weighted by Gasteiger charge is -2.41. The third kappa shape index (κ3) is 4.29. The Bertz CT molecular complexity index is 681. The highest BCUT2D eigenvalue weighted by Crippen LogP contribution is 2.15. The fourth-order valence-corrected chi connectivity index (χ4v) is 3.24. The van der Waals surface area contributed by atoms with E-state index in [4.69, 9.17) is 4.42 Å². The van der Waals surface area contributed by atoms with Crippen LogP contribution in [0.2, 0.25) is 0 Å². The number of nitrogens with zero attached hydrogens (tertiary/aromatic N) is 4. The van der Waals surface area contributed by atoms with Crippen molar-refractivity contribution in [3.8, 4) is 0 Å². The van der Waals surface area contributed by atoms with E-state index >= 15 is 0 Å². The lowest BCUT2D eigenvalue weighted by Crippen LogP contribution is -2.57. The first kappa shape index (κ1) is 17.7. The van der Waals surface area contributed by atoms with E-state index < -0.39 is 0 Å². The first-order chi connectivity index (χ1) is 12.0. The standard InChI is InChI=1S/C18H27N5O2/c1-14-12-23(9-8-22(14)13-17-19-6-7-21(17)3)15(2)18(24)20-11-16-5-4-10-25-16/h4-7,10,14-15H,8-9,11-13H2,1-3H3,(H,20,24)/t14-,15-/m0/s1. The van der Waals surface area contributed by atoms with Crippen molar-refractivity contribution in [3.63, 3.8) is 0 Å². The van der Waals surface area contributed by atoms with E-state index in [0.717, 1.165) is 37.8 Å². The molecular formula is C18H27N5O2. The molecule has 7 nitrogen and oxygen atoms in total. The van der Waals surface area contributed by atoms with Crippen molar-refractivity contribution in [1.82, 2.24) is 24.7 Å². The number of amides is 1. The molecular weight excluding hydrogens is 318 g/mol. The van der Waals surface area contributed by atoms with Crippen LogP contribution in [-0.4, -0.2) is 57.0 Å². The van der Waals surface area contributed by atoms with Crippen LogP contribution in [0.4, 0.5) is 0 Å². The number of hydrogen-bond acceptors (Lipinski definition) is 5. The van der Waals surface area contributed by atoms with Crippen LogP contribution < -0.4 is 5.32 Å².